The predicted octanol–water partition coefficient (Wildman–Crippen LogP) is 4.33. The lowest BCUT2D eigenvalue weighted by atomic mass is 9.88. The normalized spacial score (nSPS) is 19.5. The number of aromatic nitrogens is 1. The van der Waals surface area contributed by atoms with Gasteiger partial charge in [0.25, 0.3) is 5.91 Å². The van der Waals surface area contributed by atoms with Crippen molar-refractivity contribution in [2.24, 2.45) is 0 Å². The molecule has 0 fully saturated rings. The number of rotatable bonds is 7. The molecule has 0 saturated carbocycles. The number of alkyl halides is 1. The summed E-state index contributed by atoms with van der Waals surface area (Å²) in [7, 11) is 5.75. The number of H-pyrrole nitrogens is 1. The number of carbonyl (C=O) groups is 3. The van der Waals surface area contributed by atoms with Crippen molar-refractivity contribution in [2.75, 3.05) is 45.2 Å². The molecular formula is C29H32ClN3O8. The van der Waals surface area contributed by atoms with E-state index in [1.165, 1.54) is 40.3 Å². The second-order valence-electron chi connectivity index (χ2n) is 10.4. The van der Waals surface area contributed by atoms with Gasteiger partial charge in [-0.1, -0.05) is 0 Å². The van der Waals surface area contributed by atoms with E-state index in [0.29, 0.717) is 57.3 Å². The average Bonchev–Trinajstić information content (AvgIpc) is 3.50. The number of Topliss-reactive ketones (excluding diaryl/α,β-unsaturated/α-hetero) is 1. The Balaban J connectivity index is 1.67. The van der Waals surface area contributed by atoms with Crippen molar-refractivity contribution in [1.82, 2.24) is 4.98 Å². The quantitative estimate of drug-likeness (QED) is 0.236. The van der Waals surface area contributed by atoms with Crippen LogP contribution in [-0.4, -0.2) is 74.6 Å². The molecule has 0 bridgehead atoms. The summed E-state index contributed by atoms with van der Waals surface area (Å²) < 4.78 is 27.5. The zero-order chi connectivity index (χ0) is 29.8. The maximum absolute atomic E-state index is 14.1. The number of benzene rings is 2. The summed E-state index contributed by atoms with van der Waals surface area (Å²) in [5, 5.41) is 3.22. The fourth-order valence-electron chi connectivity index (χ4n) is 5.54. The van der Waals surface area contributed by atoms with Crippen LogP contribution in [0.3, 0.4) is 0 Å². The van der Waals surface area contributed by atoms with Crippen LogP contribution in [-0.2, 0) is 16.0 Å². The van der Waals surface area contributed by atoms with Gasteiger partial charge in [0, 0.05) is 18.0 Å². The molecule has 3 aromatic rings. The fourth-order valence-corrected chi connectivity index (χ4v) is 5.83. The fraction of sp³-hybridized carbons (Fsp3) is 0.414. The number of aromatic amines is 1. The van der Waals surface area contributed by atoms with Gasteiger partial charge in [0.15, 0.2) is 17.0 Å². The number of hydrogen-bond acceptors (Lipinski definition) is 9. The van der Waals surface area contributed by atoms with Crippen molar-refractivity contribution in [3.05, 3.63) is 35.0 Å². The summed E-state index contributed by atoms with van der Waals surface area (Å²) in [4.78, 5) is 45.3. The first-order valence-corrected chi connectivity index (χ1v) is 13.5. The Kier molecular flexibility index (Phi) is 7.19. The van der Waals surface area contributed by atoms with Gasteiger partial charge in [-0.05, 0) is 44.9 Å². The van der Waals surface area contributed by atoms with Gasteiger partial charge in [0.2, 0.25) is 11.5 Å². The summed E-state index contributed by atoms with van der Waals surface area (Å²) in [6, 6.07) is 5.16. The van der Waals surface area contributed by atoms with Gasteiger partial charge in [-0.15, -0.1) is 11.6 Å². The summed E-state index contributed by atoms with van der Waals surface area (Å²) >= 11 is 6.70. The van der Waals surface area contributed by atoms with Gasteiger partial charge in [-0.2, -0.15) is 0 Å². The SMILES string of the molecule is COC(=O)[C@]1(C)Nc2c(OC(C)C)cc3c(c2C1=O)C[C@H](Cl)CN3C(=O)c1cc2cc(OC)c(OC)c(OC)c2[nH]1. The number of ether oxygens (including phenoxy) is 5. The molecule has 41 heavy (non-hydrogen) atoms. The van der Waals surface area contributed by atoms with Crippen LogP contribution in [0.1, 0.15) is 47.2 Å². The van der Waals surface area contributed by atoms with Crippen molar-refractivity contribution in [3.63, 3.8) is 0 Å². The Morgan fingerprint density at radius 1 is 1.05 bits per heavy atom. The molecule has 2 N–H and O–H groups in total. The molecule has 0 aliphatic carbocycles. The second-order valence-corrected chi connectivity index (χ2v) is 11.0. The standard InChI is InChI=1S/C29H32ClN3O8/c1-13(2)41-19-11-18-16(21-23(19)32-29(3,26(21)34)28(36)40-7)10-15(30)12-33(18)27(35)17-8-14-9-20(37-4)24(38-5)25(39-6)22(14)31-17/h8-9,11,13,15,31-32H,10,12H2,1-7H3/t15-,29+/m0/s1. The van der Waals surface area contributed by atoms with Gasteiger partial charge in [0.1, 0.15) is 11.4 Å². The van der Waals surface area contributed by atoms with Gasteiger partial charge < -0.3 is 38.9 Å². The first kappa shape index (κ1) is 28.4. The van der Waals surface area contributed by atoms with E-state index in [1.54, 1.807) is 18.2 Å². The van der Waals surface area contributed by atoms with E-state index in [9.17, 15) is 14.4 Å². The van der Waals surface area contributed by atoms with Gasteiger partial charge in [-0.3, -0.25) is 9.59 Å². The van der Waals surface area contributed by atoms with Crippen LogP contribution in [0, 0.1) is 0 Å². The molecule has 1 amide bonds. The van der Waals surface area contributed by atoms with Crippen molar-refractivity contribution >= 4 is 51.5 Å². The number of carbonyl (C=O) groups excluding carboxylic acids is 3. The van der Waals surface area contributed by atoms with E-state index in [-0.39, 0.29) is 29.8 Å². The minimum Gasteiger partial charge on any atom is -0.493 e. The largest absolute Gasteiger partial charge is 0.493 e. The topological polar surface area (TPSA) is 128 Å². The Morgan fingerprint density at radius 3 is 2.37 bits per heavy atom. The Bertz CT molecular complexity index is 1580. The van der Waals surface area contributed by atoms with Crippen molar-refractivity contribution < 1.29 is 38.1 Å². The second kappa shape index (κ2) is 10.4. The van der Waals surface area contributed by atoms with Crippen LogP contribution in [0.5, 0.6) is 23.0 Å². The third kappa shape index (κ3) is 4.39. The smallest absolute Gasteiger partial charge is 0.339 e. The van der Waals surface area contributed by atoms with Crippen LogP contribution in [0.2, 0.25) is 0 Å². The van der Waals surface area contributed by atoms with E-state index >= 15 is 0 Å². The molecule has 2 atom stereocenters. The lowest BCUT2D eigenvalue weighted by molar-refractivity contribution is -0.143. The number of halogens is 1. The van der Waals surface area contributed by atoms with E-state index in [4.69, 9.17) is 35.3 Å². The molecule has 1 aromatic heterocycles. The molecule has 218 valence electrons. The number of amides is 1. The number of nitrogens with zero attached hydrogens (tertiary/aromatic N) is 1. The minimum absolute atomic E-state index is 0.183. The number of fused-ring (bicyclic) bond motifs is 4. The first-order chi connectivity index (χ1) is 19.5. The zero-order valence-corrected chi connectivity index (χ0v) is 24.6. The zero-order valence-electron chi connectivity index (χ0n) is 23.9. The third-order valence-corrected chi connectivity index (χ3v) is 7.67. The minimum atomic E-state index is -1.65. The van der Waals surface area contributed by atoms with E-state index in [1.807, 2.05) is 13.8 Å². The van der Waals surface area contributed by atoms with Crippen LogP contribution in [0.25, 0.3) is 10.9 Å². The number of methoxy groups -OCH3 is 4. The highest BCUT2D eigenvalue weighted by atomic mass is 35.5. The highest BCUT2D eigenvalue weighted by Gasteiger charge is 2.52. The number of ketones is 1. The van der Waals surface area contributed by atoms with Crippen LogP contribution in [0.4, 0.5) is 11.4 Å². The molecular weight excluding hydrogens is 554 g/mol. The first-order valence-electron chi connectivity index (χ1n) is 13.0. The lowest BCUT2D eigenvalue weighted by Crippen LogP contribution is -2.47. The van der Waals surface area contributed by atoms with Gasteiger partial charge in [-0.25, -0.2) is 4.79 Å². The Labute approximate surface area is 242 Å². The van der Waals surface area contributed by atoms with E-state index < -0.39 is 22.7 Å². The molecule has 0 radical (unpaired) electrons. The number of hydrogen-bond donors (Lipinski definition) is 2. The molecule has 0 spiro atoms. The van der Waals surface area contributed by atoms with Crippen molar-refractivity contribution in [3.8, 4) is 23.0 Å². The highest BCUT2D eigenvalue weighted by molar-refractivity contribution is 6.27. The van der Waals surface area contributed by atoms with E-state index in [2.05, 4.69) is 10.3 Å². The predicted molar refractivity (Wildman–Crippen MR) is 154 cm³/mol. The summed E-state index contributed by atoms with van der Waals surface area (Å²) in [5.74, 6) is -0.0162. The monoisotopic (exact) mass is 585 g/mol. The molecule has 0 unspecified atom stereocenters. The number of anilines is 2. The molecule has 2 aliphatic rings. The maximum atomic E-state index is 14.1. The van der Waals surface area contributed by atoms with E-state index in [0.717, 1.165) is 0 Å². The summed E-state index contributed by atoms with van der Waals surface area (Å²) in [5.41, 5.74) is 0.843. The molecule has 12 heteroatoms. The lowest BCUT2D eigenvalue weighted by Gasteiger charge is -2.33. The molecule has 2 aliphatic heterocycles. The maximum Gasteiger partial charge on any atom is 0.339 e. The third-order valence-electron chi connectivity index (χ3n) is 7.38. The molecule has 0 saturated heterocycles. The summed E-state index contributed by atoms with van der Waals surface area (Å²) in [6.45, 7) is 5.35. The number of esters is 1. The highest BCUT2D eigenvalue weighted by Crippen LogP contribution is 2.49. The van der Waals surface area contributed by atoms with Crippen molar-refractivity contribution in [2.45, 2.75) is 44.2 Å². The Hall–Kier alpha value is -4.12. The number of nitrogens with one attached hydrogen (secondary N) is 2. The molecule has 5 rings (SSSR count). The van der Waals surface area contributed by atoms with Crippen LogP contribution in [0.15, 0.2) is 18.2 Å². The molecule has 3 heterocycles. The van der Waals surface area contributed by atoms with Crippen LogP contribution < -0.4 is 29.2 Å². The Morgan fingerprint density at radius 2 is 1.76 bits per heavy atom. The average molecular weight is 586 g/mol. The molecule has 11 nitrogen and oxygen atoms in total. The van der Waals surface area contributed by atoms with Gasteiger partial charge in [0.05, 0.1) is 62.4 Å². The van der Waals surface area contributed by atoms with Gasteiger partial charge >= 0.3 is 5.97 Å². The summed E-state index contributed by atoms with van der Waals surface area (Å²) in [6.07, 6.45) is 0.0589. The van der Waals surface area contributed by atoms with Crippen LogP contribution >= 0.6 is 11.6 Å². The van der Waals surface area contributed by atoms with Crippen molar-refractivity contribution in [1.29, 1.82) is 0 Å². The molecule has 2 aromatic carbocycles.